The summed E-state index contributed by atoms with van der Waals surface area (Å²) in [5, 5.41) is 1.22. The lowest BCUT2D eigenvalue weighted by atomic mass is 10.2. The fraction of sp³-hybridized carbons (Fsp3) is 0.438. The highest BCUT2D eigenvalue weighted by molar-refractivity contribution is 6.93. The predicted molar refractivity (Wildman–Crippen MR) is 86.2 cm³/mol. The van der Waals surface area contributed by atoms with Gasteiger partial charge >= 0.3 is 5.97 Å². The fourth-order valence-electron chi connectivity index (χ4n) is 1.64. The van der Waals surface area contributed by atoms with E-state index in [1.54, 1.807) is 12.1 Å². The molecule has 1 aromatic carbocycles. The third-order valence-electron chi connectivity index (χ3n) is 3.17. The average Bonchev–Trinajstić information content (AvgIpc) is 2.50. The molecule has 0 radical (unpaired) electrons. The molecule has 0 saturated carbocycles. The van der Waals surface area contributed by atoms with Crippen LogP contribution in [0.5, 0.6) is 0 Å². The second-order valence-electron chi connectivity index (χ2n) is 5.31. The van der Waals surface area contributed by atoms with Gasteiger partial charge in [-0.05, 0) is 18.6 Å². The summed E-state index contributed by atoms with van der Waals surface area (Å²) in [7, 11) is -1.59. The van der Waals surface area contributed by atoms with Crippen molar-refractivity contribution >= 4 is 19.2 Å². The molecule has 0 atom stereocenters. The van der Waals surface area contributed by atoms with Gasteiger partial charge in [0.2, 0.25) is 0 Å². The van der Waals surface area contributed by atoms with E-state index < -0.39 is 14.0 Å². The van der Waals surface area contributed by atoms with E-state index in [1.165, 1.54) is 5.19 Å². The van der Waals surface area contributed by atoms with Crippen molar-refractivity contribution in [3.05, 3.63) is 42.1 Å². The van der Waals surface area contributed by atoms with Crippen molar-refractivity contribution < 1.29 is 19.3 Å². The molecule has 0 heterocycles. The van der Waals surface area contributed by atoms with E-state index in [2.05, 4.69) is 19.7 Å². The Hall–Kier alpha value is -1.43. The van der Waals surface area contributed by atoms with Crippen LogP contribution in [0.15, 0.2) is 36.5 Å². The summed E-state index contributed by atoms with van der Waals surface area (Å²) in [4.78, 5) is 21.3. The topological polar surface area (TPSA) is 44.8 Å². The Kier molecular flexibility index (Phi) is 7.35. The van der Waals surface area contributed by atoms with Crippen molar-refractivity contribution in [1.29, 1.82) is 0 Å². The highest BCUT2D eigenvalue weighted by atomic mass is 28.3. The first-order valence-electron chi connectivity index (χ1n) is 7.17. The molecule has 0 amide bonds. The summed E-state index contributed by atoms with van der Waals surface area (Å²) in [6.45, 7) is 11.6. The molecule has 0 fully saturated rings. The third kappa shape index (κ3) is 5.83. The van der Waals surface area contributed by atoms with E-state index in [-0.39, 0.29) is 6.61 Å². The molecule has 5 heteroatoms. The fourth-order valence-corrected chi connectivity index (χ4v) is 2.90. The summed E-state index contributed by atoms with van der Waals surface area (Å²) >= 11 is 0. The first kappa shape index (κ1) is 17.6. The maximum atomic E-state index is 11.8. The molecule has 1 aromatic rings. The Labute approximate surface area is 127 Å². The first-order valence-corrected chi connectivity index (χ1v) is 10.2. The zero-order valence-corrected chi connectivity index (χ0v) is 14.1. The van der Waals surface area contributed by atoms with Gasteiger partial charge in [0.15, 0.2) is 0 Å². The predicted octanol–water partition coefficient (Wildman–Crippen LogP) is 2.84. The second-order valence-corrected chi connectivity index (χ2v) is 9.74. The van der Waals surface area contributed by atoms with Crippen molar-refractivity contribution in [2.24, 2.45) is 0 Å². The molecule has 0 aliphatic carbocycles. The molecule has 0 unspecified atom stereocenters. The Morgan fingerprint density at radius 2 is 1.86 bits per heavy atom. The number of carbonyl (C=O) groups excluding carboxylic acids is 1. The molecule has 21 heavy (non-hydrogen) atoms. The number of hydrogen-bond acceptors (Lipinski definition) is 4. The van der Waals surface area contributed by atoms with Crippen LogP contribution in [0.25, 0.3) is 0 Å². The van der Waals surface area contributed by atoms with E-state index in [0.29, 0.717) is 18.8 Å². The van der Waals surface area contributed by atoms with Gasteiger partial charge in [-0.3, -0.25) is 4.89 Å². The minimum absolute atomic E-state index is 0.236. The Morgan fingerprint density at radius 3 is 2.43 bits per heavy atom. The summed E-state index contributed by atoms with van der Waals surface area (Å²) in [5.74, 6) is -0.491. The Balaban J connectivity index is 2.43. The minimum atomic E-state index is -1.59. The van der Waals surface area contributed by atoms with Crippen LogP contribution in [0.4, 0.5) is 0 Å². The van der Waals surface area contributed by atoms with Gasteiger partial charge in [0.1, 0.15) is 14.7 Å². The highest BCUT2D eigenvalue weighted by Gasteiger charge is 2.19. The molecular formula is C16H24O4Si. The number of benzene rings is 1. The number of rotatable bonds is 9. The lowest BCUT2D eigenvalue weighted by Crippen LogP contribution is -2.39. The molecular weight excluding hydrogens is 284 g/mol. The number of carbonyl (C=O) groups is 1. The van der Waals surface area contributed by atoms with Gasteiger partial charge in [-0.2, -0.15) is 4.89 Å². The van der Waals surface area contributed by atoms with E-state index >= 15 is 0 Å². The number of hydrogen-bond donors (Lipinski definition) is 0. The highest BCUT2D eigenvalue weighted by Crippen LogP contribution is 2.07. The lowest BCUT2D eigenvalue weighted by molar-refractivity contribution is -0.247. The van der Waals surface area contributed by atoms with Crippen LogP contribution in [0.1, 0.15) is 23.7 Å². The molecule has 0 N–H and O–H groups in total. The largest absolute Gasteiger partial charge is 0.379 e. The molecule has 0 aromatic heterocycles. The smallest absolute Gasteiger partial charge is 0.373 e. The van der Waals surface area contributed by atoms with Gasteiger partial charge in [0.05, 0.1) is 12.2 Å². The van der Waals surface area contributed by atoms with Crippen LogP contribution in [0, 0.1) is 0 Å². The molecule has 0 bridgehead atoms. The summed E-state index contributed by atoms with van der Waals surface area (Å²) < 4.78 is 5.21. The normalized spacial score (nSPS) is 11.2. The van der Waals surface area contributed by atoms with Crippen molar-refractivity contribution in [3.63, 3.8) is 0 Å². The molecule has 0 aliphatic heterocycles. The van der Waals surface area contributed by atoms with Crippen LogP contribution >= 0.6 is 0 Å². The Bertz CT molecular complexity index is 454. The van der Waals surface area contributed by atoms with Gasteiger partial charge in [0, 0.05) is 6.61 Å². The van der Waals surface area contributed by atoms with Crippen molar-refractivity contribution in [2.45, 2.75) is 26.4 Å². The molecule has 116 valence electrons. The van der Waals surface area contributed by atoms with Crippen molar-refractivity contribution in [3.8, 4) is 0 Å². The standard InChI is InChI=1S/C16H24O4Si/c1-5-11-18-12-13-19-20-16(17)14-7-9-15(10-8-14)21(3,4)6-2/h6-10H,2,5,11-13H2,1,3-4H3. The van der Waals surface area contributed by atoms with Crippen molar-refractivity contribution in [2.75, 3.05) is 19.8 Å². The minimum Gasteiger partial charge on any atom is -0.379 e. The van der Waals surface area contributed by atoms with Crippen LogP contribution in [0.3, 0.4) is 0 Å². The zero-order chi connectivity index (χ0) is 15.7. The van der Waals surface area contributed by atoms with Gasteiger partial charge in [0.25, 0.3) is 0 Å². The lowest BCUT2D eigenvalue weighted by Gasteiger charge is -2.17. The third-order valence-corrected chi connectivity index (χ3v) is 6.01. The van der Waals surface area contributed by atoms with Gasteiger partial charge < -0.3 is 4.74 Å². The Morgan fingerprint density at radius 1 is 1.19 bits per heavy atom. The molecule has 4 nitrogen and oxygen atoms in total. The monoisotopic (exact) mass is 308 g/mol. The quantitative estimate of drug-likeness (QED) is 0.304. The maximum absolute atomic E-state index is 11.8. The van der Waals surface area contributed by atoms with Gasteiger partial charge in [-0.1, -0.05) is 43.0 Å². The van der Waals surface area contributed by atoms with Crippen molar-refractivity contribution in [1.82, 2.24) is 0 Å². The number of ether oxygens (including phenoxy) is 1. The second kappa shape index (κ2) is 8.77. The van der Waals surface area contributed by atoms with Crippen LogP contribution in [-0.4, -0.2) is 33.9 Å². The van der Waals surface area contributed by atoms with Gasteiger partial charge in [-0.15, -0.1) is 6.58 Å². The average molecular weight is 308 g/mol. The molecule has 0 saturated heterocycles. The SMILES string of the molecule is C=C[Si](C)(C)c1ccc(C(=O)OOCCOCCC)cc1. The van der Waals surface area contributed by atoms with Crippen LogP contribution in [0.2, 0.25) is 13.1 Å². The van der Waals surface area contributed by atoms with E-state index in [0.717, 1.165) is 6.42 Å². The summed E-state index contributed by atoms with van der Waals surface area (Å²) in [5.41, 5.74) is 2.49. The van der Waals surface area contributed by atoms with Crippen LogP contribution < -0.4 is 5.19 Å². The molecule has 1 rings (SSSR count). The van der Waals surface area contributed by atoms with Crippen LogP contribution in [-0.2, 0) is 14.5 Å². The zero-order valence-electron chi connectivity index (χ0n) is 13.1. The summed E-state index contributed by atoms with van der Waals surface area (Å²) in [6, 6.07) is 7.42. The molecule has 0 aliphatic rings. The van der Waals surface area contributed by atoms with E-state index in [9.17, 15) is 4.79 Å². The first-order chi connectivity index (χ1) is 10.0. The molecule has 0 spiro atoms. The maximum Gasteiger partial charge on any atom is 0.373 e. The summed E-state index contributed by atoms with van der Waals surface area (Å²) in [6.07, 6.45) is 0.955. The van der Waals surface area contributed by atoms with E-state index in [4.69, 9.17) is 14.5 Å². The van der Waals surface area contributed by atoms with E-state index in [1.807, 2.05) is 24.8 Å². The van der Waals surface area contributed by atoms with Gasteiger partial charge in [-0.25, -0.2) is 4.79 Å².